The average Bonchev–Trinajstić information content (AvgIpc) is 3.31. The molecule has 2 atom stereocenters. The molecule has 164 valence electrons. The molecular weight excluding hydrogens is 424 g/mol. The lowest BCUT2D eigenvalue weighted by Gasteiger charge is -2.40. The Bertz CT molecular complexity index is 1780. The minimum Gasteiger partial charge on any atom is -0.455 e. The minimum absolute atomic E-state index is 0.365. The van der Waals surface area contributed by atoms with Crippen molar-refractivity contribution >= 4 is 27.5 Å². The monoisotopic (exact) mass is 446 g/mol. The Labute approximate surface area is 204 Å². The molecule has 4 aromatic rings. The maximum Gasteiger partial charge on any atom is 0.143 e. The van der Waals surface area contributed by atoms with Gasteiger partial charge in [-0.1, -0.05) is 115 Å². The van der Waals surface area contributed by atoms with Crippen LogP contribution in [0.4, 0.5) is 0 Å². The molecule has 4 aliphatic carbocycles. The fraction of sp³-hybridized carbons (Fsp3) is 0.0588. The predicted octanol–water partition coefficient (Wildman–Crippen LogP) is 8.74. The number of hydrogen-bond donors (Lipinski definition) is 0. The molecule has 0 amide bonds. The third kappa shape index (κ3) is 2.64. The Hall–Kier alpha value is -4.36. The van der Waals surface area contributed by atoms with Gasteiger partial charge in [0.25, 0.3) is 0 Å². The molecule has 0 saturated carbocycles. The molecule has 1 heteroatoms. The van der Waals surface area contributed by atoms with Crippen LogP contribution in [0.25, 0.3) is 38.6 Å². The van der Waals surface area contributed by atoms with Crippen molar-refractivity contribution < 1.29 is 4.42 Å². The van der Waals surface area contributed by atoms with Crippen molar-refractivity contribution in [2.45, 2.75) is 0 Å². The smallest absolute Gasteiger partial charge is 0.143 e. The van der Waals surface area contributed by atoms with Crippen LogP contribution in [0.2, 0.25) is 0 Å². The van der Waals surface area contributed by atoms with Gasteiger partial charge in [-0.05, 0) is 45.1 Å². The van der Waals surface area contributed by atoms with Crippen LogP contribution in [-0.4, -0.2) is 0 Å². The van der Waals surface area contributed by atoms with Crippen molar-refractivity contribution in [3.05, 3.63) is 149 Å². The molecule has 1 nitrogen and oxygen atoms in total. The van der Waals surface area contributed by atoms with Crippen LogP contribution in [0.15, 0.2) is 148 Å². The zero-order valence-electron chi connectivity index (χ0n) is 19.1. The lowest BCUT2D eigenvalue weighted by atomic mass is 9.63. The maximum atomic E-state index is 6.54. The Morgan fingerprint density at radius 2 is 1.34 bits per heavy atom. The summed E-state index contributed by atoms with van der Waals surface area (Å²) >= 11 is 0. The molecule has 2 unspecified atom stereocenters. The highest BCUT2D eigenvalue weighted by atomic mass is 16.3. The van der Waals surface area contributed by atoms with E-state index in [2.05, 4.69) is 121 Å². The number of furan rings is 1. The first-order chi connectivity index (χ1) is 17.4. The standard InChI is InChI=1S/C34H22O/c1-2-7-21(8-3-1)25-11-5-13-29-33-27(12-6-14-30(33)35-34(25)29)26-19-17-24-16-15-22-9-4-10-23-18-20-28(26)32(24)31(22)23/h1-20,31-32H. The second kappa shape index (κ2) is 7.07. The summed E-state index contributed by atoms with van der Waals surface area (Å²) in [4.78, 5) is 0. The Kier molecular flexibility index (Phi) is 3.84. The van der Waals surface area contributed by atoms with Crippen molar-refractivity contribution in [3.8, 4) is 11.1 Å². The van der Waals surface area contributed by atoms with Gasteiger partial charge in [0.1, 0.15) is 11.2 Å². The van der Waals surface area contributed by atoms with Gasteiger partial charge < -0.3 is 4.42 Å². The van der Waals surface area contributed by atoms with Crippen LogP contribution in [0.5, 0.6) is 0 Å². The fourth-order valence-corrected chi connectivity index (χ4v) is 6.37. The second-order valence-electron chi connectivity index (χ2n) is 9.68. The van der Waals surface area contributed by atoms with E-state index in [0.29, 0.717) is 11.8 Å². The van der Waals surface area contributed by atoms with Crippen molar-refractivity contribution in [1.29, 1.82) is 0 Å². The van der Waals surface area contributed by atoms with E-state index in [0.717, 1.165) is 16.7 Å². The molecule has 0 fully saturated rings. The summed E-state index contributed by atoms with van der Waals surface area (Å²) in [5.41, 5.74) is 12.4. The van der Waals surface area contributed by atoms with Crippen molar-refractivity contribution in [1.82, 2.24) is 0 Å². The van der Waals surface area contributed by atoms with Gasteiger partial charge in [0.05, 0.1) is 0 Å². The lowest BCUT2D eigenvalue weighted by molar-refractivity contribution is 0.566. The summed E-state index contributed by atoms with van der Waals surface area (Å²) in [7, 11) is 0. The van der Waals surface area contributed by atoms with E-state index < -0.39 is 0 Å². The highest BCUT2D eigenvalue weighted by molar-refractivity contribution is 6.14. The zero-order chi connectivity index (χ0) is 22.9. The second-order valence-corrected chi connectivity index (χ2v) is 9.68. The van der Waals surface area contributed by atoms with Crippen molar-refractivity contribution in [2.75, 3.05) is 0 Å². The largest absolute Gasteiger partial charge is 0.455 e. The molecule has 0 saturated heterocycles. The number of fused-ring (bicyclic) bond motifs is 3. The van der Waals surface area contributed by atoms with Gasteiger partial charge in [-0.3, -0.25) is 0 Å². The van der Waals surface area contributed by atoms with Crippen molar-refractivity contribution in [3.63, 3.8) is 0 Å². The highest BCUT2D eigenvalue weighted by Gasteiger charge is 2.38. The molecule has 0 spiro atoms. The van der Waals surface area contributed by atoms with Crippen LogP contribution in [0.3, 0.4) is 0 Å². The first-order valence-electron chi connectivity index (χ1n) is 12.3. The molecule has 0 radical (unpaired) electrons. The zero-order valence-corrected chi connectivity index (χ0v) is 19.1. The quantitative estimate of drug-likeness (QED) is 0.300. The van der Waals surface area contributed by atoms with Crippen molar-refractivity contribution in [2.24, 2.45) is 11.8 Å². The maximum absolute atomic E-state index is 6.54. The van der Waals surface area contributed by atoms with E-state index in [1.807, 2.05) is 0 Å². The van der Waals surface area contributed by atoms with Crippen LogP contribution in [0.1, 0.15) is 5.56 Å². The molecule has 0 N–H and O–H groups in total. The van der Waals surface area contributed by atoms with Gasteiger partial charge in [-0.2, -0.15) is 0 Å². The Morgan fingerprint density at radius 3 is 2.26 bits per heavy atom. The van der Waals surface area contributed by atoms with Crippen LogP contribution >= 0.6 is 0 Å². The molecule has 3 aromatic carbocycles. The molecule has 35 heavy (non-hydrogen) atoms. The van der Waals surface area contributed by atoms with Gasteiger partial charge in [-0.15, -0.1) is 0 Å². The number of para-hydroxylation sites is 1. The van der Waals surface area contributed by atoms with E-state index >= 15 is 0 Å². The van der Waals surface area contributed by atoms with E-state index in [-0.39, 0.29) is 0 Å². The first-order valence-corrected chi connectivity index (χ1v) is 12.3. The third-order valence-electron chi connectivity index (χ3n) is 7.90. The average molecular weight is 447 g/mol. The van der Waals surface area contributed by atoms with Gasteiger partial charge >= 0.3 is 0 Å². The van der Waals surface area contributed by atoms with Gasteiger partial charge in [-0.25, -0.2) is 0 Å². The van der Waals surface area contributed by atoms with E-state index in [4.69, 9.17) is 4.42 Å². The molecular formula is C34H22O. The summed E-state index contributed by atoms with van der Waals surface area (Å²) < 4.78 is 6.54. The summed E-state index contributed by atoms with van der Waals surface area (Å²) in [5, 5.41) is 2.37. The molecule has 8 rings (SSSR count). The topological polar surface area (TPSA) is 13.1 Å². The summed E-state index contributed by atoms with van der Waals surface area (Å²) in [6.45, 7) is 0. The number of hydrogen-bond acceptors (Lipinski definition) is 1. The van der Waals surface area contributed by atoms with Gasteiger partial charge in [0, 0.05) is 28.2 Å². The molecule has 1 aromatic heterocycles. The molecule has 4 aliphatic rings. The summed E-state index contributed by atoms with van der Waals surface area (Å²) in [6, 6.07) is 23.5. The van der Waals surface area contributed by atoms with Gasteiger partial charge in [0.15, 0.2) is 0 Å². The normalized spacial score (nSPS) is 21.8. The lowest BCUT2D eigenvalue weighted by Crippen LogP contribution is -2.29. The molecule has 0 aliphatic heterocycles. The number of rotatable bonds is 2. The predicted molar refractivity (Wildman–Crippen MR) is 145 cm³/mol. The van der Waals surface area contributed by atoms with E-state index in [9.17, 15) is 0 Å². The number of benzene rings is 3. The summed E-state index contributed by atoms with van der Waals surface area (Å²) in [5.74, 6) is 0.773. The number of allylic oxidation sites excluding steroid dienone is 14. The summed E-state index contributed by atoms with van der Waals surface area (Å²) in [6.07, 6.45) is 20.6. The van der Waals surface area contributed by atoms with E-state index in [1.54, 1.807) is 0 Å². The Balaban J connectivity index is 1.40. The van der Waals surface area contributed by atoms with Crippen LogP contribution < -0.4 is 0 Å². The van der Waals surface area contributed by atoms with Crippen LogP contribution in [0, 0.1) is 11.8 Å². The SMILES string of the molecule is C1=CC2=CC=C3C=CC(c4cccc5oc6c(-c7ccccc7)cccc6c45)=C4C=CC(=C1)C2C34. The molecule has 1 heterocycles. The van der Waals surface area contributed by atoms with Gasteiger partial charge in [0.2, 0.25) is 0 Å². The van der Waals surface area contributed by atoms with E-state index in [1.165, 1.54) is 49.8 Å². The molecule has 0 bridgehead atoms. The minimum atomic E-state index is 0.365. The first kappa shape index (κ1) is 19.0. The highest BCUT2D eigenvalue weighted by Crippen LogP contribution is 2.51. The third-order valence-corrected chi connectivity index (χ3v) is 7.90. The fourth-order valence-electron chi connectivity index (χ4n) is 6.37. The van der Waals surface area contributed by atoms with Crippen LogP contribution in [-0.2, 0) is 0 Å². The Morgan fingerprint density at radius 1 is 0.571 bits per heavy atom.